The summed E-state index contributed by atoms with van der Waals surface area (Å²) < 4.78 is 40.4. The van der Waals surface area contributed by atoms with Gasteiger partial charge in [-0.2, -0.15) is 5.26 Å². The van der Waals surface area contributed by atoms with Crippen LogP contribution in [0.3, 0.4) is 0 Å². The minimum Gasteiger partial charge on any atom is -0.295 e. The SMILES string of the molecule is Cc1cc(C(=O)NS(=O)(=O)c2ccc(C#N)cc2)ccc1N1C(=O)CSC1c1ccc(F)cc1. The van der Waals surface area contributed by atoms with Crippen LogP contribution in [-0.2, 0) is 14.8 Å². The zero-order valence-corrected chi connectivity index (χ0v) is 19.5. The van der Waals surface area contributed by atoms with Gasteiger partial charge in [0, 0.05) is 11.3 Å². The van der Waals surface area contributed by atoms with Gasteiger partial charge < -0.3 is 0 Å². The second-order valence-corrected chi connectivity index (χ2v) is 10.3. The van der Waals surface area contributed by atoms with Crippen LogP contribution in [0.15, 0.2) is 71.6 Å². The van der Waals surface area contributed by atoms with Crippen molar-refractivity contribution in [2.45, 2.75) is 17.2 Å². The Hall–Kier alpha value is -3.68. The second-order valence-electron chi connectivity index (χ2n) is 7.55. The van der Waals surface area contributed by atoms with E-state index in [0.717, 1.165) is 5.56 Å². The summed E-state index contributed by atoms with van der Waals surface area (Å²) in [6.45, 7) is 1.72. The van der Waals surface area contributed by atoms with E-state index in [1.165, 1.54) is 60.3 Å². The summed E-state index contributed by atoms with van der Waals surface area (Å²) in [6.07, 6.45) is 0. The Bertz CT molecular complexity index is 1420. The van der Waals surface area contributed by atoms with Crippen LogP contribution in [0, 0.1) is 24.1 Å². The molecule has 1 aliphatic rings. The van der Waals surface area contributed by atoms with Crippen molar-refractivity contribution in [3.05, 3.63) is 94.8 Å². The van der Waals surface area contributed by atoms with Gasteiger partial charge in [0.2, 0.25) is 5.91 Å². The van der Waals surface area contributed by atoms with Gasteiger partial charge in [0.25, 0.3) is 15.9 Å². The van der Waals surface area contributed by atoms with Gasteiger partial charge in [0.05, 0.1) is 22.3 Å². The molecule has 1 heterocycles. The van der Waals surface area contributed by atoms with Crippen molar-refractivity contribution in [3.63, 3.8) is 0 Å². The number of carbonyl (C=O) groups is 2. The lowest BCUT2D eigenvalue weighted by Crippen LogP contribution is -2.31. The highest BCUT2D eigenvalue weighted by atomic mass is 32.2. The Balaban J connectivity index is 1.57. The van der Waals surface area contributed by atoms with Gasteiger partial charge in [-0.05, 0) is 72.6 Å². The number of benzene rings is 3. The molecule has 3 aromatic rings. The molecule has 1 unspecified atom stereocenters. The number of halogens is 1. The van der Waals surface area contributed by atoms with Crippen LogP contribution in [0.25, 0.3) is 0 Å². The van der Waals surface area contributed by atoms with E-state index in [-0.39, 0.29) is 33.3 Å². The molecule has 1 aliphatic heterocycles. The van der Waals surface area contributed by atoms with Gasteiger partial charge in [0.1, 0.15) is 11.2 Å². The average molecular weight is 496 g/mol. The van der Waals surface area contributed by atoms with E-state index in [4.69, 9.17) is 5.26 Å². The lowest BCUT2D eigenvalue weighted by molar-refractivity contribution is -0.115. The number of anilines is 1. The van der Waals surface area contributed by atoms with Gasteiger partial charge in [-0.3, -0.25) is 14.5 Å². The smallest absolute Gasteiger partial charge is 0.265 e. The van der Waals surface area contributed by atoms with Gasteiger partial charge in [-0.15, -0.1) is 11.8 Å². The zero-order chi connectivity index (χ0) is 24.5. The topological polar surface area (TPSA) is 107 Å². The molecule has 4 rings (SSSR count). The van der Waals surface area contributed by atoms with Crippen molar-refractivity contribution in [2.24, 2.45) is 0 Å². The third kappa shape index (κ3) is 4.66. The number of hydrogen-bond acceptors (Lipinski definition) is 6. The van der Waals surface area contributed by atoms with Crippen LogP contribution in [0.2, 0.25) is 0 Å². The van der Waals surface area contributed by atoms with E-state index in [1.807, 2.05) is 10.8 Å². The molecule has 0 aromatic heterocycles. The summed E-state index contributed by atoms with van der Waals surface area (Å²) in [6, 6.07) is 17.6. The number of hydrogen-bond donors (Lipinski definition) is 1. The number of carbonyl (C=O) groups excluding carboxylic acids is 2. The maximum Gasteiger partial charge on any atom is 0.265 e. The molecule has 1 fully saturated rings. The molecular weight excluding hydrogens is 477 g/mol. The van der Waals surface area contributed by atoms with Gasteiger partial charge >= 0.3 is 0 Å². The van der Waals surface area contributed by atoms with Crippen LogP contribution in [0.5, 0.6) is 0 Å². The third-order valence-corrected chi connectivity index (χ3v) is 7.82. The number of aryl methyl sites for hydroxylation is 1. The summed E-state index contributed by atoms with van der Waals surface area (Å²) >= 11 is 1.41. The molecule has 2 amide bonds. The van der Waals surface area contributed by atoms with Crippen molar-refractivity contribution in [1.29, 1.82) is 5.26 Å². The number of sulfonamides is 1. The zero-order valence-electron chi connectivity index (χ0n) is 17.9. The highest BCUT2D eigenvalue weighted by Crippen LogP contribution is 2.42. The molecular formula is C24H18FN3O4S2. The summed E-state index contributed by atoms with van der Waals surface area (Å²) in [4.78, 5) is 26.8. The normalized spacial score (nSPS) is 15.7. The molecule has 0 aliphatic carbocycles. The maximum absolute atomic E-state index is 13.3. The standard InChI is InChI=1S/C24H18FN3O4S2/c1-15-12-18(23(30)27-34(31,32)20-9-2-16(13-26)3-10-20)6-11-21(15)28-22(29)14-33-24(28)17-4-7-19(25)8-5-17/h2-12,24H,14H2,1H3,(H,27,30). The quantitative estimate of drug-likeness (QED) is 0.575. The summed E-state index contributed by atoms with van der Waals surface area (Å²) in [7, 11) is -4.14. The van der Waals surface area contributed by atoms with E-state index in [1.54, 1.807) is 30.0 Å². The van der Waals surface area contributed by atoms with E-state index in [9.17, 15) is 22.4 Å². The fraction of sp³-hybridized carbons (Fsp3) is 0.125. The van der Waals surface area contributed by atoms with Crippen molar-refractivity contribution < 1.29 is 22.4 Å². The first-order valence-corrected chi connectivity index (χ1v) is 12.6. The average Bonchev–Trinajstić information content (AvgIpc) is 3.20. The first-order chi connectivity index (χ1) is 16.2. The van der Waals surface area contributed by atoms with Crippen molar-refractivity contribution in [3.8, 4) is 6.07 Å². The Morgan fingerprint density at radius 3 is 2.41 bits per heavy atom. The van der Waals surface area contributed by atoms with Gasteiger partial charge in [-0.25, -0.2) is 17.5 Å². The van der Waals surface area contributed by atoms with Crippen LogP contribution < -0.4 is 9.62 Å². The predicted molar refractivity (Wildman–Crippen MR) is 126 cm³/mol. The number of nitrogens with zero attached hydrogens (tertiary/aromatic N) is 2. The molecule has 1 saturated heterocycles. The monoisotopic (exact) mass is 495 g/mol. The highest BCUT2D eigenvalue weighted by molar-refractivity contribution is 8.00. The minimum atomic E-state index is -4.14. The van der Waals surface area contributed by atoms with E-state index < -0.39 is 15.9 Å². The van der Waals surface area contributed by atoms with Gasteiger partial charge in [0.15, 0.2) is 0 Å². The van der Waals surface area contributed by atoms with E-state index in [2.05, 4.69) is 0 Å². The molecule has 0 radical (unpaired) electrons. The van der Waals surface area contributed by atoms with Crippen LogP contribution >= 0.6 is 11.8 Å². The summed E-state index contributed by atoms with van der Waals surface area (Å²) in [5, 5.41) is 8.51. The molecule has 1 atom stereocenters. The lowest BCUT2D eigenvalue weighted by Gasteiger charge is -2.26. The molecule has 0 spiro atoms. The Kier molecular flexibility index (Phi) is 6.41. The van der Waals surface area contributed by atoms with Crippen LogP contribution in [0.1, 0.15) is 32.4 Å². The fourth-order valence-electron chi connectivity index (χ4n) is 3.57. The molecule has 1 N–H and O–H groups in total. The third-order valence-electron chi connectivity index (χ3n) is 5.26. The molecule has 172 valence electrons. The minimum absolute atomic E-state index is 0.108. The first-order valence-electron chi connectivity index (χ1n) is 10.1. The Morgan fingerprint density at radius 2 is 1.79 bits per heavy atom. The molecule has 0 bridgehead atoms. The van der Waals surface area contributed by atoms with Crippen molar-refractivity contribution >= 4 is 39.3 Å². The number of rotatable bonds is 5. The van der Waals surface area contributed by atoms with E-state index in [0.29, 0.717) is 16.8 Å². The van der Waals surface area contributed by atoms with Crippen molar-refractivity contribution in [2.75, 3.05) is 10.7 Å². The molecule has 3 aromatic carbocycles. The summed E-state index contributed by atoms with van der Waals surface area (Å²) in [5.41, 5.74) is 2.36. The lowest BCUT2D eigenvalue weighted by atomic mass is 10.1. The molecule has 7 nitrogen and oxygen atoms in total. The Morgan fingerprint density at radius 1 is 1.12 bits per heavy atom. The van der Waals surface area contributed by atoms with Crippen molar-refractivity contribution in [1.82, 2.24) is 4.72 Å². The first kappa shape index (κ1) is 23.5. The molecule has 34 heavy (non-hydrogen) atoms. The number of nitrogens with one attached hydrogen (secondary N) is 1. The van der Waals surface area contributed by atoms with E-state index >= 15 is 0 Å². The highest BCUT2D eigenvalue weighted by Gasteiger charge is 2.35. The van der Waals surface area contributed by atoms with Gasteiger partial charge in [-0.1, -0.05) is 12.1 Å². The predicted octanol–water partition coefficient (Wildman–Crippen LogP) is 3.90. The molecule has 0 saturated carbocycles. The summed E-state index contributed by atoms with van der Waals surface area (Å²) in [5.74, 6) is -1.06. The number of thioether (sulfide) groups is 1. The second kappa shape index (κ2) is 9.29. The number of amides is 2. The number of nitriles is 1. The Labute approximate surface area is 200 Å². The fourth-order valence-corrected chi connectivity index (χ4v) is 5.72. The largest absolute Gasteiger partial charge is 0.295 e. The maximum atomic E-state index is 13.3. The molecule has 10 heteroatoms. The van der Waals surface area contributed by atoms with Crippen LogP contribution in [0.4, 0.5) is 10.1 Å². The van der Waals surface area contributed by atoms with Crippen LogP contribution in [-0.4, -0.2) is 26.0 Å².